The molecule has 1 rings (SSSR count). The Kier molecular flexibility index (Phi) is 4.93. The highest BCUT2D eigenvalue weighted by atomic mass is 16.3. The molecule has 5 nitrogen and oxygen atoms in total. The van der Waals surface area contributed by atoms with Crippen molar-refractivity contribution in [3.05, 3.63) is 27.7 Å². The Balaban J connectivity index is 3.40. The van der Waals surface area contributed by atoms with Gasteiger partial charge in [-0.1, -0.05) is 13.8 Å². The third-order valence-corrected chi connectivity index (χ3v) is 2.65. The van der Waals surface area contributed by atoms with Crippen LogP contribution in [0.2, 0.25) is 0 Å². The van der Waals surface area contributed by atoms with E-state index < -0.39 is 5.43 Å². The molecule has 18 heavy (non-hydrogen) atoms. The molecule has 0 aromatic carbocycles. The molecule has 0 fully saturated rings. The number of hydrogen-bond acceptors (Lipinski definition) is 4. The fourth-order valence-corrected chi connectivity index (χ4v) is 1.92. The Bertz CT molecular complexity index is 464. The van der Waals surface area contributed by atoms with Gasteiger partial charge in [-0.05, 0) is 20.0 Å². The van der Waals surface area contributed by atoms with Crippen LogP contribution in [0.4, 0.5) is 0 Å². The number of aromatic nitrogens is 1. The Morgan fingerprint density at radius 1 is 1.39 bits per heavy atom. The minimum Gasteiger partial charge on any atom is -0.503 e. The van der Waals surface area contributed by atoms with Gasteiger partial charge in [-0.15, -0.1) is 0 Å². The first kappa shape index (κ1) is 14.7. The van der Waals surface area contributed by atoms with Gasteiger partial charge < -0.3 is 19.7 Å². The first-order valence-electron chi connectivity index (χ1n) is 6.07. The van der Waals surface area contributed by atoms with E-state index in [1.807, 2.05) is 23.6 Å². The van der Waals surface area contributed by atoms with Gasteiger partial charge >= 0.3 is 0 Å². The summed E-state index contributed by atoms with van der Waals surface area (Å²) in [5.41, 5.74) is 0.671. The van der Waals surface area contributed by atoms with E-state index in [9.17, 15) is 15.0 Å². The number of rotatable bonds is 5. The zero-order valence-electron chi connectivity index (χ0n) is 11.5. The van der Waals surface area contributed by atoms with Crippen LogP contribution in [0.25, 0.3) is 0 Å². The first-order chi connectivity index (χ1) is 8.36. The van der Waals surface area contributed by atoms with Crippen molar-refractivity contribution in [3.8, 4) is 5.75 Å². The predicted octanol–water partition coefficient (Wildman–Crippen LogP) is 0.764. The molecule has 0 aliphatic heterocycles. The van der Waals surface area contributed by atoms with E-state index in [1.54, 1.807) is 0 Å². The number of aliphatic hydroxyl groups is 1. The van der Waals surface area contributed by atoms with E-state index in [-0.39, 0.29) is 12.4 Å². The molecule has 5 heteroatoms. The van der Waals surface area contributed by atoms with Crippen LogP contribution in [0.15, 0.2) is 10.9 Å². The van der Waals surface area contributed by atoms with Crippen LogP contribution in [0, 0.1) is 5.92 Å². The molecule has 102 valence electrons. The lowest BCUT2D eigenvalue weighted by Crippen LogP contribution is -2.24. The van der Waals surface area contributed by atoms with Gasteiger partial charge in [0.15, 0.2) is 5.75 Å². The lowest BCUT2D eigenvalue weighted by molar-refractivity contribution is 0.261. The molecular weight excluding hydrogens is 232 g/mol. The standard InChI is InChI=1S/C13H22N2O3/c1-9(2)6-15-10(8-16)5-12(17)13(18)11(15)7-14(3)4/h5,9,16,18H,6-8H2,1-4H3. The molecule has 1 aromatic rings. The molecule has 0 aliphatic rings. The Labute approximate surface area is 107 Å². The summed E-state index contributed by atoms with van der Waals surface area (Å²) in [5.74, 6) is 0.139. The largest absolute Gasteiger partial charge is 0.503 e. The van der Waals surface area contributed by atoms with Crippen molar-refractivity contribution in [1.82, 2.24) is 9.47 Å². The van der Waals surface area contributed by atoms with Crippen molar-refractivity contribution in [2.75, 3.05) is 14.1 Å². The maximum absolute atomic E-state index is 11.6. The van der Waals surface area contributed by atoms with Crippen LogP contribution in [0.5, 0.6) is 5.75 Å². The van der Waals surface area contributed by atoms with Gasteiger partial charge in [0.05, 0.1) is 12.3 Å². The molecule has 0 atom stereocenters. The SMILES string of the molecule is CC(C)Cn1c(CO)cc(=O)c(O)c1CN(C)C. The summed E-state index contributed by atoms with van der Waals surface area (Å²) < 4.78 is 1.83. The molecule has 0 bridgehead atoms. The summed E-state index contributed by atoms with van der Waals surface area (Å²) in [6.07, 6.45) is 0. The van der Waals surface area contributed by atoms with E-state index >= 15 is 0 Å². The molecule has 0 saturated carbocycles. The summed E-state index contributed by atoms with van der Waals surface area (Å²) in [6, 6.07) is 1.30. The fourth-order valence-electron chi connectivity index (χ4n) is 1.92. The van der Waals surface area contributed by atoms with Crippen molar-refractivity contribution >= 4 is 0 Å². The Hall–Kier alpha value is -1.33. The molecule has 0 saturated heterocycles. The zero-order chi connectivity index (χ0) is 13.9. The van der Waals surface area contributed by atoms with Crippen molar-refractivity contribution in [3.63, 3.8) is 0 Å². The molecule has 0 spiro atoms. The van der Waals surface area contributed by atoms with Crippen LogP contribution >= 0.6 is 0 Å². The van der Waals surface area contributed by atoms with Crippen LogP contribution in [0.1, 0.15) is 25.2 Å². The minimum absolute atomic E-state index is 0.206. The van der Waals surface area contributed by atoms with E-state index in [4.69, 9.17) is 0 Å². The summed E-state index contributed by atoms with van der Waals surface area (Å²) in [4.78, 5) is 13.5. The van der Waals surface area contributed by atoms with Gasteiger partial charge in [0, 0.05) is 24.8 Å². The molecule has 2 N–H and O–H groups in total. The maximum Gasteiger partial charge on any atom is 0.223 e. The lowest BCUT2D eigenvalue weighted by atomic mass is 10.1. The quantitative estimate of drug-likeness (QED) is 0.814. The highest BCUT2D eigenvalue weighted by molar-refractivity contribution is 5.30. The van der Waals surface area contributed by atoms with Gasteiger partial charge in [-0.2, -0.15) is 0 Å². The highest BCUT2D eigenvalue weighted by Gasteiger charge is 2.15. The van der Waals surface area contributed by atoms with Gasteiger partial charge in [0.25, 0.3) is 0 Å². The number of hydrogen-bond donors (Lipinski definition) is 2. The number of pyridine rings is 1. The molecule has 0 radical (unpaired) electrons. The van der Waals surface area contributed by atoms with Crippen LogP contribution in [0.3, 0.4) is 0 Å². The van der Waals surface area contributed by atoms with Crippen molar-refractivity contribution in [2.45, 2.75) is 33.5 Å². The fraction of sp³-hybridized carbons (Fsp3) is 0.615. The summed E-state index contributed by atoms with van der Waals surface area (Å²) in [7, 11) is 3.74. The summed E-state index contributed by atoms with van der Waals surface area (Å²) in [6.45, 7) is 5.02. The third kappa shape index (κ3) is 3.34. The van der Waals surface area contributed by atoms with E-state index in [2.05, 4.69) is 13.8 Å². The van der Waals surface area contributed by atoms with E-state index in [1.165, 1.54) is 6.07 Å². The Morgan fingerprint density at radius 3 is 2.44 bits per heavy atom. The predicted molar refractivity (Wildman–Crippen MR) is 70.5 cm³/mol. The van der Waals surface area contributed by atoms with Crippen LogP contribution in [-0.4, -0.2) is 33.8 Å². The maximum atomic E-state index is 11.6. The van der Waals surface area contributed by atoms with E-state index in [0.717, 1.165) is 0 Å². The number of aromatic hydroxyl groups is 1. The Morgan fingerprint density at radius 2 is 2.00 bits per heavy atom. The van der Waals surface area contributed by atoms with Gasteiger partial charge in [-0.25, -0.2) is 0 Å². The van der Waals surface area contributed by atoms with Crippen molar-refractivity contribution in [2.24, 2.45) is 5.92 Å². The smallest absolute Gasteiger partial charge is 0.223 e. The summed E-state index contributed by atoms with van der Waals surface area (Å²) in [5, 5.41) is 19.3. The molecule has 0 unspecified atom stereocenters. The average Bonchev–Trinajstić information content (AvgIpc) is 2.27. The summed E-state index contributed by atoms with van der Waals surface area (Å²) >= 11 is 0. The molecule has 0 amide bonds. The first-order valence-corrected chi connectivity index (χ1v) is 6.07. The molecule has 0 aliphatic carbocycles. The van der Waals surface area contributed by atoms with Gasteiger partial charge in [0.2, 0.25) is 5.43 Å². The third-order valence-electron chi connectivity index (χ3n) is 2.65. The second kappa shape index (κ2) is 6.02. The normalized spacial score (nSPS) is 11.5. The van der Waals surface area contributed by atoms with Crippen molar-refractivity contribution in [1.29, 1.82) is 0 Å². The zero-order valence-corrected chi connectivity index (χ0v) is 11.5. The monoisotopic (exact) mass is 254 g/mol. The molecular formula is C13H22N2O3. The van der Waals surface area contributed by atoms with Crippen LogP contribution in [-0.2, 0) is 19.7 Å². The van der Waals surface area contributed by atoms with Crippen molar-refractivity contribution < 1.29 is 10.2 Å². The molecule has 1 heterocycles. The lowest BCUT2D eigenvalue weighted by Gasteiger charge is -2.22. The minimum atomic E-state index is -0.434. The van der Waals surface area contributed by atoms with Gasteiger partial charge in [0.1, 0.15) is 0 Å². The topological polar surface area (TPSA) is 65.7 Å². The highest BCUT2D eigenvalue weighted by Crippen LogP contribution is 2.18. The van der Waals surface area contributed by atoms with Gasteiger partial charge in [-0.3, -0.25) is 4.79 Å². The second-order valence-corrected chi connectivity index (χ2v) is 5.20. The number of aliphatic hydroxyl groups excluding tert-OH is 1. The second-order valence-electron chi connectivity index (χ2n) is 5.20. The number of nitrogens with zero attached hydrogens (tertiary/aromatic N) is 2. The average molecular weight is 254 g/mol. The van der Waals surface area contributed by atoms with Crippen LogP contribution < -0.4 is 5.43 Å². The molecule has 1 aromatic heterocycles. The van der Waals surface area contributed by atoms with E-state index in [0.29, 0.717) is 30.4 Å².